The molecule has 22 heavy (non-hydrogen) atoms. The van der Waals surface area contributed by atoms with Crippen molar-refractivity contribution in [3.8, 4) is 0 Å². The van der Waals surface area contributed by atoms with Crippen molar-refractivity contribution < 1.29 is 9.31 Å². The van der Waals surface area contributed by atoms with Crippen LogP contribution in [0.2, 0.25) is 0 Å². The van der Waals surface area contributed by atoms with Crippen molar-refractivity contribution in [2.24, 2.45) is 0 Å². The average molecular weight is 308 g/mol. The second-order valence-corrected chi connectivity index (χ2v) is 5.90. The molecule has 0 aliphatic carbocycles. The van der Waals surface area contributed by atoms with Gasteiger partial charge in [-0.25, -0.2) is 4.39 Å². The maximum atomic E-state index is 14.1. The molecule has 0 saturated carbocycles. The zero-order valence-corrected chi connectivity index (χ0v) is 12.5. The van der Waals surface area contributed by atoms with Gasteiger partial charge < -0.3 is 10.2 Å². The standard InChI is InChI=1S/C15H21FN4O2/c16-14-11-13(20(21)22)1-2-15(14)19-7-3-12(4-8-19)18-9-5-17-6-10-18/h1-2,11-12,17H,3-10H2. The highest BCUT2D eigenvalue weighted by Gasteiger charge is 2.27. The molecule has 2 aliphatic heterocycles. The second kappa shape index (κ2) is 6.58. The highest BCUT2D eigenvalue weighted by Crippen LogP contribution is 2.27. The molecule has 2 heterocycles. The van der Waals surface area contributed by atoms with Gasteiger partial charge >= 0.3 is 0 Å². The van der Waals surface area contributed by atoms with Crippen LogP contribution in [0.3, 0.4) is 0 Å². The topological polar surface area (TPSA) is 61.7 Å². The smallest absolute Gasteiger partial charge is 0.272 e. The van der Waals surface area contributed by atoms with Crippen LogP contribution in [-0.4, -0.2) is 55.1 Å². The second-order valence-electron chi connectivity index (χ2n) is 5.90. The Hall–Kier alpha value is -1.73. The van der Waals surface area contributed by atoms with Crippen LogP contribution in [0, 0.1) is 15.9 Å². The summed E-state index contributed by atoms with van der Waals surface area (Å²) in [5, 5.41) is 14.0. The summed E-state index contributed by atoms with van der Waals surface area (Å²) in [7, 11) is 0. The molecular weight excluding hydrogens is 287 g/mol. The molecular formula is C15H21FN4O2. The summed E-state index contributed by atoms with van der Waals surface area (Å²) in [4.78, 5) is 14.6. The lowest BCUT2D eigenvalue weighted by Crippen LogP contribution is -2.52. The minimum absolute atomic E-state index is 0.197. The third kappa shape index (κ3) is 3.20. The predicted molar refractivity (Wildman–Crippen MR) is 82.7 cm³/mol. The van der Waals surface area contributed by atoms with Gasteiger partial charge in [0.2, 0.25) is 0 Å². The first-order valence-corrected chi connectivity index (χ1v) is 7.79. The van der Waals surface area contributed by atoms with Gasteiger partial charge in [0.05, 0.1) is 16.7 Å². The lowest BCUT2D eigenvalue weighted by atomic mass is 10.0. The summed E-state index contributed by atoms with van der Waals surface area (Å²) < 4.78 is 14.1. The van der Waals surface area contributed by atoms with Crippen LogP contribution in [0.5, 0.6) is 0 Å². The number of nitro benzene ring substituents is 1. The van der Waals surface area contributed by atoms with Crippen molar-refractivity contribution in [2.75, 3.05) is 44.2 Å². The molecule has 0 atom stereocenters. The molecule has 0 amide bonds. The number of non-ortho nitro benzene ring substituents is 1. The summed E-state index contributed by atoms with van der Waals surface area (Å²) in [5.41, 5.74) is 0.279. The van der Waals surface area contributed by atoms with Crippen LogP contribution in [0.15, 0.2) is 18.2 Å². The maximum absolute atomic E-state index is 14.1. The van der Waals surface area contributed by atoms with Crippen molar-refractivity contribution in [3.63, 3.8) is 0 Å². The van der Waals surface area contributed by atoms with E-state index in [-0.39, 0.29) is 5.69 Å². The fourth-order valence-corrected chi connectivity index (χ4v) is 3.39. The SMILES string of the molecule is O=[N+]([O-])c1ccc(N2CCC(N3CCNCC3)CC2)c(F)c1. The van der Waals surface area contributed by atoms with E-state index in [9.17, 15) is 14.5 Å². The van der Waals surface area contributed by atoms with Crippen LogP contribution in [-0.2, 0) is 0 Å². The number of hydrogen-bond donors (Lipinski definition) is 1. The Bertz CT molecular complexity index is 540. The minimum Gasteiger partial charge on any atom is -0.369 e. The number of benzene rings is 1. The lowest BCUT2D eigenvalue weighted by Gasteiger charge is -2.41. The Morgan fingerprint density at radius 2 is 1.86 bits per heavy atom. The number of nitrogens with one attached hydrogen (secondary N) is 1. The van der Waals surface area contributed by atoms with E-state index < -0.39 is 10.7 Å². The monoisotopic (exact) mass is 308 g/mol. The zero-order valence-electron chi connectivity index (χ0n) is 12.5. The Balaban J connectivity index is 1.62. The van der Waals surface area contributed by atoms with E-state index in [1.54, 1.807) is 0 Å². The van der Waals surface area contributed by atoms with E-state index in [2.05, 4.69) is 10.2 Å². The lowest BCUT2D eigenvalue weighted by molar-refractivity contribution is -0.385. The van der Waals surface area contributed by atoms with Gasteiger partial charge in [0, 0.05) is 51.4 Å². The first kappa shape index (κ1) is 15.2. The van der Waals surface area contributed by atoms with Crippen LogP contribution in [0.4, 0.5) is 15.8 Å². The fraction of sp³-hybridized carbons (Fsp3) is 0.600. The van der Waals surface area contributed by atoms with Crippen LogP contribution in [0.25, 0.3) is 0 Å². The van der Waals surface area contributed by atoms with Crippen LogP contribution in [0.1, 0.15) is 12.8 Å². The Morgan fingerprint density at radius 1 is 1.18 bits per heavy atom. The van der Waals surface area contributed by atoms with E-state index in [0.29, 0.717) is 11.7 Å². The van der Waals surface area contributed by atoms with Gasteiger partial charge in [0.15, 0.2) is 5.82 Å². The molecule has 1 aromatic carbocycles. The van der Waals surface area contributed by atoms with E-state index in [0.717, 1.165) is 58.2 Å². The molecule has 7 heteroatoms. The number of nitrogens with zero attached hydrogens (tertiary/aromatic N) is 3. The highest BCUT2D eigenvalue weighted by molar-refractivity contribution is 5.52. The van der Waals surface area contributed by atoms with Gasteiger partial charge in [0.1, 0.15) is 0 Å². The number of hydrogen-bond acceptors (Lipinski definition) is 5. The summed E-state index contributed by atoms with van der Waals surface area (Å²) in [6.45, 7) is 5.83. The number of piperidine rings is 1. The number of nitro groups is 1. The molecule has 1 aromatic rings. The van der Waals surface area contributed by atoms with Crippen molar-refractivity contribution in [3.05, 3.63) is 34.1 Å². The Kier molecular flexibility index (Phi) is 4.54. The van der Waals surface area contributed by atoms with Crippen molar-refractivity contribution in [1.82, 2.24) is 10.2 Å². The molecule has 0 unspecified atom stereocenters. The molecule has 0 spiro atoms. The Labute approximate surface area is 129 Å². The minimum atomic E-state index is -0.566. The molecule has 2 saturated heterocycles. The van der Waals surface area contributed by atoms with Gasteiger partial charge in [-0.15, -0.1) is 0 Å². The predicted octanol–water partition coefficient (Wildman–Crippen LogP) is 1.61. The zero-order chi connectivity index (χ0) is 15.5. The highest BCUT2D eigenvalue weighted by atomic mass is 19.1. The summed E-state index contributed by atoms with van der Waals surface area (Å²) in [6.07, 6.45) is 2.02. The summed E-state index contributed by atoms with van der Waals surface area (Å²) >= 11 is 0. The van der Waals surface area contributed by atoms with Gasteiger partial charge in [0.25, 0.3) is 5.69 Å². The third-order valence-corrected chi connectivity index (χ3v) is 4.62. The molecule has 6 nitrogen and oxygen atoms in total. The van der Waals surface area contributed by atoms with Gasteiger partial charge in [-0.05, 0) is 18.9 Å². The maximum Gasteiger partial charge on any atom is 0.272 e. The first-order valence-electron chi connectivity index (χ1n) is 7.79. The number of piperazine rings is 1. The third-order valence-electron chi connectivity index (χ3n) is 4.62. The van der Waals surface area contributed by atoms with Gasteiger partial charge in [-0.3, -0.25) is 15.0 Å². The molecule has 0 aromatic heterocycles. The first-order chi connectivity index (χ1) is 10.6. The molecule has 1 N–H and O–H groups in total. The number of anilines is 1. The molecule has 3 rings (SSSR count). The van der Waals surface area contributed by atoms with Crippen LogP contribution >= 0.6 is 0 Å². The van der Waals surface area contributed by atoms with Crippen molar-refractivity contribution in [1.29, 1.82) is 0 Å². The molecule has 2 fully saturated rings. The number of halogens is 1. The van der Waals surface area contributed by atoms with E-state index >= 15 is 0 Å². The Morgan fingerprint density at radius 3 is 2.45 bits per heavy atom. The van der Waals surface area contributed by atoms with Crippen molar-refractivity contribution >= 4 is 11.4 Å². The van der Waals surface area contributed by atoms with E-state index in [4.69, 9.17) is 0 Å². The van der Waals surface area contributed by atoms with E-state index in [1.165, 1.54) is 12.1 Å². The molecule has 2 aliphatic rings. The number of rotatable bonds is 3. The quantitative estimate of drug-likeness (QED) is 0.679. The van der Waals surface area contributed by atoms with Gasteiger partial charge in [-0.1, -0.05) is 0 Å². The summed E-state index contributed by atoms with van der Waals surface area (Å²) in [5.74, 6) is -0.505. The van der Waals surface area contributed by atoms with Gasteiger partial charge in [-0.2, -0.15) is 0 Å². The van der Waals surface area contributed by atoms with Crippen LogP contribution < -0.4 is 10.2 Å². The summed E-state index contributed by atoms with van der Waals surface area (Å²) in [6, 6.07) is 4.48. The average Bonchev–Trinajstić information content (AvgIpc) is 2.56. The largest absolute Gasteiger partial charge is 0.369 e. The molecule has 120 valence electrons. The van der Waals surface area contributed by atoms with E-state index in [1.807, 2.05) is 4.90 Å². The van der Waals surface area contributed by atoms with Crippen molar-refractivity contribution in [2.45, 2.75) is 18.9 Å². The molecule has 0 radical (unpaired) electrons. The normalized spacial score (nSPS) is 21.0. The fourth-order valence-electron chi connectivity index (χ4n) is 3.39. The molecule has 0 bridgehead atoms.